The van der Waals surface area contributed by atoms with Gasteiger partial charge in [-0.3, -0.25) is 9.89 Å². The molecule has 1 N–H and O–H groups in total. The lowest BCUT2D eigenvalue weighted by atomic mass is 9.73. The van der Waals surface area contributed by atoms with Crippen molar-refractivity contribution in [2.45, 2.75) is 37.5 Å². The number of carbonyl (C=O) groups is 1. The Kier molecular flexibility index (Phi) is 4.43. The van der Waals surface area contributed by atoms with Crippen molar-refractivity contribution in [2.24, 2.45) is 0 Å². The lowest BCUT2D eigenvalue weighted by Gasteiger charge is -2.35. The molecule has 0 radical (unpaired) electrons. The summed E-state index contributed by atoms with van der Waals surface area (Å²) >= 11 is 0. The molecule has 1 aromatic carbocycles. The molecule has 0 saturated carbocycles. The normalized spacial score (nSPS) is 21.6. The molecule has 1 amide bonds. The van der Waals surface area contributed by atoms with Gasteiger partial charge in [0.05, 0.1) is 23.2 Å². The molecule has 8 nitrogen and oxygen atoms in total. The first-order valence-corrected chi connectivity index (χ1v) is 9.94. The molecule has 3 aromatic rings. The second kappa shape index (κ2) is 7.11. The van der Waals surface area contributed by atoms with Gasteiger partial charge in [0.15, 0.2) is 5.82 Å². The predicted molar refractivity (Wildman–Crippen MR) is 105 cm³/mol. The fraction of sp³-hybridized carbons (Fsp3) is 0.429. The summed E-state index contributed by atoms with van der Waals surface area (Å²) in [5, 5.41) is 11.1. The van der Waals surface area contributed by atoms with Crippen molar-refractivity contribution in [2.75, 3.05) is 24.7 Å². The number of aryl methyl sites for hydroxylation is 1. The quantitative estimate of drug-likeness (QED) is 0.732. The van der Waals surface area contributed by atoms with Gasteiger partial charge < -0.3 is 14.2 Å². The number of hydrogen-bond acceptors (Lipinski definition) is 6. The van der Waals surface area contributed by atoms with E-state index in [4.69, 9.17) is 14.2 Å². The minimum absolute atomic E-state index is 0.0375. The van der Waals surface area contributed by atoms with E-state index in [1.807, 2.05) is 0 Å². The van der Waals surface area contributed by atoms with E-state index in [1.165, 1.54) is 11.1 Å². The van der Waals surface area contributed by atoms with E-state index >= 15 is 0 Å². The van der Waals surface area contributed by atoms with Gasteiger partial charge in [0.25, 0.3) is 0 Å². The van der Waals surface area contributed by atoms with Crippen LogP contribution in [0, 0.1) is 6.92 Å². The van der Waals surface area contributed by atoms with E-state index < -0.39 is 0 Å². The van der Waals surface area contributed by atoms with Crippen LogP contribution in [0.3, 0.4) is 0 Å². The summed E-state index contributed by atoms with van der Waals surface area (Å²) in [6.07, 6.45) is 5.33. The molecule has 8 heteroatoms. The summed E-state index contributed by atoms with van der Waals surface area (Å²) in [7, 11) is 0. The zero-order valence-electron chi connectivity index (χ0n) is 16.3. The summed E-state index contributed by atoms with van der Waals surface area (Å²) in [6.45, 7) is 3.91. The van der Waals surface area contributed by atoms with E-state index in [0.717, 1.165) is 18.5 Å². The van der Waals surface area contributed by atoms with Crippen LogP contribution < -0.4 is 4.90 Å². The highest BCUT2D eigenvalue weighted by Gasteiger charge is 2.42. The van der Waals surface area contributed by atoms with Gasteiger partial charge in [-0.25, -0.2) is 0 Å². The molecule has 150 valence electrons. The van der Waals surface area contributed by atoms with Gasteiger partial charge in [-0.1, -0.05) is 35.0 Å². The third-order valence-electron chi connectivity index (χ3n) is 6.09. The summed E-state index contributed by atoms with van der Waals surface area (Å²) in [4.78, 5) is 19.0. The molecule has 1 unspecified atom stereocenters. The van der Waals surface area contributed by atoms with Gasteiger partial charge in [0, 0.05) is 32.4 Å². The van der Waals surface area contributed by atoms with Crippen LogP contribution in [0.15, 0.2) is 41.2 Å². The van der Waals surface area contributed by atoms with Crippen LogP contribution in [0.5, 0.6) is 0 Å². The molecule has 0 bridgehead atoms. The smallest absolute Gasteiger partial charge is 0.232 e. The molecule has 2 aliphatic rings. The van der Waals surface area contributed by atoms with E-state index in [-0.39, 0.29) is 17.2 Å². The molecule has 2 aromatic heterocycles. The van der Waals surface area contributed by atoms with Crippen LogP contribution in [-0.4, -0.2) is 46.0 Å². The minimum Gasteiger partial charge on any atom is -0.381 e. The molecule has 0 aliphatic carbocycles. The number of nitrogens with zero attached hydrogens (tertiary/aromatic N) is 4. The monoisotopic (exact) mass is 393 g/mol. The number of nitrogens with one attached hydrogen (secondary N) is 1. The molecule has 4 heterocycles. The van der Waals surface area contributed by atoms with Crippen molar-refractivity contribution in [1.29, 1.82) is 0 Å². The van der Waals surface area contributed by atoms with Gasteiger partial charge in [-0.2, -0.15) is 10.1 Å². The van der Waals surface area contributed by atoms with E-state index in [0.29, 0.717) is 37.9 Å². The number of aromatic nitrogens is 4. The van der Waals surface area contributed by atoms with Crippen molar-refractivity contribution in [3.63, 3.8) is 0 Å². The molecule has 0 spiro atoms. The fourth-order valence-electron chi connectivity index (χ4n) is 4.34. The van der Waals surface area contributed by atoms with Crippen LogP contribution in [0.1, 0.15) is 48.0 Å². The largest absolute Gasteiger partial charge is 0.381 e. The second-order valence-electron chi connectivity index (χ2n) is 7.88. The molecule has 2 fully saturated rings. The van der Waals surface area contributed by atoms with Crippen molar-refractivity contribution < 1.29 is 14.1 Å². The van der Waals surface area contributed by atoms with Gasteiger partial charge >= 0.3 is 0 Å². The third-order valence-corrected chi connectivity index (χ3v) is 6.09. The third kappa shape index (κ3) is 3.13. The molecule has 2 saturated heterocycles. The molecule has 1 atom stereocenters. The first kappa shape index (κ1) is 18.1. The van der Waals surface area contributed by atoms with Gasteiger partial charge in [0.1, 0.15) is 0 Å². The second-order valence-corrected chi connectivity index (χ2v) is 7.88. The first-order valence-electron chi connectivity index (χ1n) is 9.94. The Hall–Kier alpha value is -3.00. The van der Waals surface area contributed by atoms with E-state index in [1.54, 1.807) is 17.3 Å². The van der Waals surface area contributed by atoms with Crippen molar-refractivity contribution in [3.8, 4) is 0 Å². The number of rotatable bonds is 4. The molecular formula is C21H23N5O3. The van der Waals surface area contributed by atoms with Crippen molar-refractivity contribution in [1.82, 2.24) is 20.3 Å². The number of aromatic amines is 1. The van der Waals surface area contributed by atoms with Crippen LogP contribution in [0.2, 0.25) is 0 Å². The Morgan fingerprint density at radius 3 is 2.72 bits per heavy atom. The summed E-state index contributed by atoms with van der Waals surface area (Å²) in [5.74, 6) is 1.13. The highest BCUT2D eigenvalue weighted by Crippen LogP contribution is 2.41. The Labute approximate surface area is 168 Å². The summed E-state index contributed by atoms with van der Waals surface area (Å²) in [6, 6.07) is 8.53. The highest BCUT2D eigenvalue weighted by molar-refractivity contribution is 5.96. The van der Waals surface area contributed by atoms with Crippen molar-refractivity contribution in [3.05, 3.63) is 59.5 Å². The number of hydrogen-bond donors (Lipinski definition) is 1. The van der Waals surface area contributed by atoms with Crippen molar-refractivity contribution >= 4 is 11.6 Å². The Bertz CT molecular complexity index is 990. The Morgan fingerprint density at radius 1 is 1.21 bits per heavy atom. The Morgan fingerprint density at radius 2 is 2.00 bits per heavy atom. The molecule has 5 rings (SSSR count). The van der Waals surface area contributed by atoms with Crippen LogP contribution in [0.25, 0.3) is 0 Å². The van der Waals surface area contributed by atoms with Gasteiger partial charge in [-0.15, -0.1) is 0 Å². The van der Waals surface area contributed by atoms with Crippen LogP contribution in [-0.2, 0) is 14.9 Å². The molecular weight excluding hydrogens is 370 g/mol. The van der Waals surface area contributed by atoms with Crippen LogP contribution >= 0.6 is 0 Å². The number of ether oxygens (including phenoxy) is 1. The zero-order valence-corrected chi connectivity index (χ0v) is 16.3. The molecule has 29 heavy (non-hydrogen) atoms. The topological polar surface area (TPSA) is 97.1 Å². The van der Waals surface area contributed by atoms with Gasteiger partial charge in [0.2, 0.25) is 11.8 Å². The van der Waals surface area contributed by atoms with E-state index in [9.17, 15) is 4.79 Å². The average molecular weight is 393 g/mol. The fourth-order valence-corrected chi connectivity index (χ4v) is 4.34. The lowest BCUT2D eigenvalue weighted by Crippen LogP contribution is -2.36. The predicted octanol–water partition coefficient (Wildman–Crippen LogP) is 2.72. The minimum atomic E-state index is -0.319. The number of H-pyrrole nitrogens is 1. The zero-order chi connectivity index (χ0) is 19.8. The number of benzene rings is 1. The van der Waals surface area contributed by atoms with Gasteiger partial charge in [-0.05, 0) is 25.3 Å². The maximum absolute atomic E-state index is 12.5. The first-order chi connectivity index (χ1) is 14.2. The maximum Gasteiger partial charge on any atom is 0.232 e. The standard InChI is InChI=1S/C21H23N5O3/c1-14-2-4-16(5-3-14)21(6-8-28-9-7-21)20-24-19(29-25-20)15-10-18(27)26(13-15)17-11-22-23-12-17/h2-5,11-12,15H,6-10,13H2,1H3,(H,22,23). The number of anilines is 1. The number of carbonyl (C=O) groups excluding carboxylic acids is 1. The molecule has 2 aliphatic heterocycles. The summed E-state index contributed by atoms with van der Waals surface area (Å²) < 4.78 is 11.3. The average Bonchev–Trinajstić information content (AvgIpc) is 3.49. The lowest BCUT2D eigenvalue weighted by molar-refractivity contribution is -0.117. The Balaban J connectivity index is 1.45. The number of amides is 1. The summed E-state index contributed by atoms with van der Waals surface area (Å²) in [5.41, 5.74) is 2.84. The highest BCUT2D eigenvalue weighted by atomic mass is 16.5. The van der Waals surface area contributed by atoms with E-state index in [2.05, 4.69) is 46.5 Å². The maximum atomic E-state index is 12.5. The SMILES string of the molecule is Cc1ccc(C2(c3noc(C4CC(=O)N(c5cn[nH]c5)C4)n3)CCOCC2)cc1. The van der Waals surface area contributed by atoms with Crippen LogP contribution in [0.4, 0.5) is 5.69 Å².